The van der Waals surface area contributed by atoms with E-state index in [1.165, 1.54) is 16.9 Å². The molecule has 1 aliphatic rings. The summed E-state index contributed by atoms with van der Waals surface area (Å²) in [5.41, 5.74) is 3.54. The first-order valence-electron chi connectivity index (χ1n) is 10.5. The molecule has 0 unspecified atom stereocenters. The summed E-state index contributed by atoms with van der Waals surface area (Å²) in [7, 11) is 0. The van der Waals surface area contributed by atoms with Gasteiger partial charge < -0.3 is 9.32 Å². The highest BCUT2D eigenvalue weighted by Gasteiger charge is 2.35. The Morgan fingerprint density at radius 1 is 1.09 bits per heavy atom. The van der Waals surface area contributed by atoms with E-state index in [4.69, 9.17) is 16.0 Å². The topological polar surface area (TPSA) is 72.1 Å². The maximum Gasteiger partial charge on any atom is 0.274 e. The maximum absolute atomic E-state index is 13.3. The molecule has 1 fully saturated rings. The van der Waals surface area contributed by atoms with Crippen molar-refractivity contribution >= 4 is 28.8 Å². The molecule has 0 bridgehead atoms. The Morgan fingerprint density at radius 2 is 1.81 bits per heavy atom. The van der Waals surface area contributed by atoms with Crippen LogP contribution in [0.15, 0.2) is 58.3 Å². The van der Waals surface area contributed by atoms with Gasteiger partial charge in [0.05, 0.1) is 6.54 Å². The van der Waals surface area contributed by atoms with E-state index in [-0.39, 0.29) is 18.5 Å². The molecule has 0 aliphatic heterocycles. The summed E-state index contributed by atoms with van der Waals surface area (Å²) in [6.45, 7) is 2.39. The predicted molar refractivity (Wildman–Crippen MR) is 125 cm³/mol. The van der Waals surface area contributed by atoms with Gasteiger partial charge in [0.2, 0.25) is 11.8 Å². The summed E-state index contributed by atoms with van der Waals surface area (Å²) in [5, 5.41) is 11.6. The summed E-state index contributed by atoms with van der Waals surface area (Å²) in [5.74, 6) is 0.707. The van der Waals surface area contributed by atoms with Gasteiger partial charge >= 0.3 is 0 Å². The van der Waals surface area contributed by atoms with Gasteiger partial charge in [-0.2, -0.15) is 0 Å². The molecular weight excluding hydrogens is 444 g/mol. The van der Waals surface area contributed by atoms with Gasteiger partial charge in [-0.25, -0.2) is 4.98 Å². The zero-order valence-corrected chi connectivity index (χ0v) is 19.1. The van der Waals surface area contributed by atoms with Crippen LogP contribution in [0.2, 0.25) is 5.02 Å². The molecule has 0 N–H and O–H groups in total. The second kappa shape index (κ2) is 8.84. The number of halogens is 1. The lowest BCUT2D eigenvalue weighted by Gasteiger charge is -2.19. The van der Waals surface area contributed by atoms with Crippen LogP contribution in [-0.2, 0) is 13.0 Å². The van der Waals surface area contributed by atoms with Gasteiger partial charge in [-0.1, -0.05) is 42.8 Å². The molecule has 4 aromatic rings. The third-order valence-corrected chi connectivity index (χ3v) is 6.59. The number of carbonyl (C=O) groups excluding carboxylic acids is 1. The molecule has 5 rings (SSSR count). The number of aromatic nitrogens is 3. The van der Waals surface area contributed by atoms with Gasteiger partial charge in [-0.05, 0) is 49.1 Å². The first-order valence-corrected chi connectivity index (χ1v) is 11.8. The van der Waals surface area contributed by atoms with Crippen molar-refractivity contribution in [1.29, 1.82) is 0 Å². The standard InChI is InChI=1S/C24H21ClN4O2S/c1-2-15-3-5-17(6-4-15)23-26-20(14-32-23)24(30)29(19-11-12-19)13-21-27-28-22(31-21)16-7-9-18(25)10-8-16/h3-10,14,19H,2,11-13H2,1H3. The quantitative estimate of drug-likeness (QED) is 0.341. The number of amides is 1. The zero-order chi connectivity index (χ0) is 22.1. The maximum atomic E-state index is 13.3. The van der Waals surface area contributed by atoms with Gasteiger partial charge in [0.1, 0.15) is 10.7 Å². The Bertz CT molecular complexity index is 1230. The van der Waals surface area contributed by atoms with Gasteiger partial charge in [0.25, 0.3) is 5.91 Å². The van der Waals surface area contributed by atoms with Crippen LogP contribution in [0.1, 0.15) is 41.7 Å². The van der Waals surface area contributed by atoms with Gasteiger partial charge in [0, 0.05) is 27.6 Å². The van der Waals surface area contributed by atoms with Crippen LogP contribution < -0.4 is 0 Å². The average Bonchev–Trinajstić information content (AvgIpc) is 3.35. The van der Waals surface area contributed by atoms with Crippen LogP contribution in [0.4, 0.5) is 0 Å². The fourth-order valence-electron chi connectivity index (χ4n) is 3.46. The first-order chi connectivity index (χ1) is 15.6. The molecule has 2 aromatic heterocycles. The lowest BCUT2D eigenvalue weighted by molar-refractivity contribution is 0.0709. The van der Waals surface area contributed by atoms with Crippen LogP contribution >= 0.6 is 22.9 Å². The van der Waals surface area contributed by atoms with Crippen LogP contribution in [0, 0.1) is 0 Å². The number of benzene rings is 2. The molecule has 1 saturated carbocycles. The number of carbonyl (C=O) groups is 1. The Hall–Kier alpha value is -3.03. The van der Waals surface area contributed by atoms with Crippen LogP contribution in [0.3, 0.4) is 0 Å². The van der Waals surface area contributed by atoms with Crippen molar-refractivity contribution in [1.82, 2.24) is 20.1 Å². The second-order valence-corrected chi connectivity index (χ2v) is 9.05. The van der Waals surface area contributed by atoms with Crippen molar-refractivity contribution in [2.45, 2.75) is 38.8 Å². The average molecular weight is 465 g/mol. The van der Waals surface area contributed by atoms with Gasteiger partial charge in [-0.3, -0.25) is 4.79 Å². The highest BCUT2D eigenvalue weighted by molar-refractivity contribution is 7.13. The largest absolute Gasteiger partial charge is 0.419 e. The molecule has 6 nitrogen and oxygen atoms in total. The highest BCUT2D eigenvalue weighted by Crippen LogP contribution is 2.32. The molecule has 0 saturated heterocycles. The van der Waals surface area contributed by atoms with Gasteiger partial charge in [0.15, 0.2) is 0 Å². The van der Waals surface area contributed by atoms with Crippen molar-refractivity contribution in [3.05, 3.63) is 76.1 Å². The Kier molecular flexibility index (Phi) is 5.76. The van der Waals surface area contributed by atoms with E-state index in [0.717, 1.165) is 35.4 Å². The molecule has 0 atom stereocenters. The Labute approximate surface area is 194 Å². The molecule has 0 spiro atoms. The molecule has 2 aromatic carbocycles. The monoisotopic (exact) mass is 464 g/mol. The molecule has 2 heterocycles. The normalized spacial score (nSPS) is 13.3. The third-order valence-electron chi connectivity index (χ3n) is 5.44. The summed E-state index contributed by atoms with van der Waals surface area (Å²) in [6.07, 6.45) is 2.94. The number of nitrogens with zero attached hydrogens (tertiary/aromatic N) is 4. The number of aryl methyl sites for hydroxylation is 1. The molecule has 1 amide bonds. The fourth-order valence-corrected chi connectivity index (χ4v) is 4.39. The number of thiazole rings is 1. The third kappa shape index (κ3) is 4.45. The van der Waals surface area contributed by atoms with Crippen molar-refractivity contribution in [2.75, 3.05) is 0 Å². The van der Waals surface area contributed by atoms with E-state index >= 15 is 0 Å². The lowest BCUT2D eigenvalue weighted by atomic mass is 10.1. The molecule has 1 aliphatic carbocycles. The highest BCUT2D eigenvalue weighted by atomic mass is 35.5. The number of rotatable bonds is 7. The molecule has 162 valence electrons. The molecule has 0 radical (unpaired) electrons. The predicted octanol–water partition coefficient (Wildman–Crippen LogP) is 5.88. The molecular formula is C24H21ClN4O2S. The Morgan fingerprint density at radius 3 is 2.50 bits per heavy atom. The van der Waals surface area contributed by atoms with E-state index in [0.29, 0.717) is 22.5 Å². The summed E-state index contributed by atoms with van der Waals surface area (Å²) < 4.78 is 5.82. The van der Waals surface area contributed by atoms with Crippen LogP contribution in [0.25, 0.3) is 22.0 Å². The number of hydrogen-bond acceptors (Lipinski definition) is 6. The van der Waals surface area contributed by atoms with Crippen molar-refractivity contribution in [3.8, 4) is 22.0 Å². The zero-order valence-electron chi connectivity index (χ0n) is 17.5. The van der Waals surface area contributed by atoms with E-state index in [1.54, 1.807) is 17.0 Å². The smallest absolute Gasteiger partial charge is 0.274 e. The van der Waals surface area contributed by atoms with Crippen LogP contribution in [-0.4, -0.2) is 32.0 Å². The minimum Gasteiger partial charge on any atom is -0.419 e. The van der Waals surface area contributed by atoms with Crippen LogP contribution in [0.5, 0.6) is 0 Å². The second-order valence-electron chi connectivity index (χ2n) is 7.76. The Balaban J connectivity index is 1.33. The van der Waals surface area contributed by atoms with E-state index < -0.39 is 0 Å². The van der Waals surface area contributed by atoms with Gasteiger partial charge in [-0.15, -0.1) is 21.5 Å². The minimum atomic E-state index is -0.105. The molecule has 8 heteroatoms. The fraction of sp³-hybridized carbons (Fsp3) is 0.250. The lowest BCUT2D eigenvalue weighted by Crippen LogP contribution is -2.33. The minimum absolute atomic E-state index is 0.105. The molecule has 32 heavy (non-hydrogen) atoms. The first kappa shape index (κ1) is 20.8. The van der Waals surface area contributed by atoms with E-state index in [1.807, 2.05) is 17.5 Å². The number of hydrogen-bond donors (Lipinski definition) is 0. The summed E-state index contributed by atoms with van der Waals surface area (Å²) in [6, 6.07) is 15.7. The van der Waals surface area contributed by atoms with E-state index in [2.05, 4.69) is 46.4 Å². The van der Waals surface area contributed by atoms with E-state index in [9.17, 15) is 4.79 Å². The van der Waals surface area contributed by atoms with Crippen molar-refractivity contribution < 1.29 is 9.21 Å². The van der Waals surface area contributed by atoms with Crippen molar-refractivity contribution in [2.24, 2.45) is 0 Å². The summed E-state index contributed by atoms with van der Waals surface area (Å²) in [4.78, 5) is 19.7. The van der Waals surface area contributed by atoms with Crippen molar-refractivity contribution in [3.63, 3.8) is 0 Å². The SMILES string of the molecule is CCc1ccc(-c2nc(C(=O)N(Cc3nnc(-c4ccc(Cl)cc4)o3)C3CC3)cs2)cc1. The summed E-state index contributed by atoms with van der Waals surface area (Å²) >= 11 is 7.43.